The average molecular weight is 448 g/mol. The van der Waals surface area contributed by atoms with Crippen molar-refractivity contribution < 1.29 is 14.6 Å². The van der Waals surface area contributed by atoms with Gasteiger partial charge in [0.1, 0.15) is 6.10 Å². The second-order valence-electron chi connectivity index (χ2n) is 9.53. The number of likely N-dealkylation sites (tertiary alicyclic amines) is 1. The topological polar surface area (TPSA) is 41.9 Å². The highest BCUT2D eigenvalue weighted by Gasteiger charge is 2.37. The number of hydrogen-bond donors (Lipinski definition) is 1. The molecule has 32 heavy (non-hydrogen) atoms. The Bertz CT molecular complexity index is 553. The molecule has 184 valence electrons. The first kappa shape index (κ1) is 27.3. The van der Waals surface area contributed by atoms with E-state index in [4.69, 9.17) is 9.47 Å². The zero-order valence-electron chi connectivity index (χ0n) is 20.9. The smallest absolute Gasteiger partial charge is 0.112 e. The molecule has 0 amide bonds. The van der Waals surface area contributed by atoms with Crippen LogP contribution in [-0.2, 0) is 16.1 Å². The molecule has 0 spiro atoms. The number of unbranched alkanes of at least 4 members (excludes halogenated alkanes) is 10. The number of rotatable bonds is 18. The van der Waals surface area contributed by atoms with Gasteiger partial charge in [-0.1, -0.05) is 108 Å². The molecule has 0 saturated carbocycles. The van der Waals surface area contributed by atoms with Crippen LogP contribution in [0.2, 0.25) is 0 Å². The maximum Gasteiger partial charge on any atom is 0.112 e. The Kier molecular flexibility index (Phi) is 15.0. The first-order chi connectivity index (χ1) is 15.7. The molecule has 0 aliphatic carbocycles. The normalized spacial score (nSPS) is 21.8. The molecule has 1 aromatic carbocycles. The third-order valence-electron chi connectivity index (χ3n) is 6.57. The maximum atomic E-state index is 10.9. The van der Waals surface area contributed by atoms with Gasteiger partial charge >= 0.3 is 0 Å². The van der Waals surface area contributed by atoms with Gasteiger partial charge in [-0.15, -0.1) is 0 Å². The van der Waals surface area contributed by atoms with Gasteiger partial charge in [-0.2, -0.15) is 0 Å². The van der Waals surface area contributed by atoms with E-state index in [1.54, 1.807) is 0 Å². The minimum atomic E-state index is -0.498. The van der Waals surface area contributed by atoms with Gasteiger partial charge in [0.25, 0.3) is 0 Å². The molecule has 1 heterocycles. The van der Waals surface area contributed by atoms with E-state index in [9.17, 15) is 5.11 Å². The van der Waals surface area contributed by atoms with Crippen LogP contribution in [0.1, 0.15) is 96.5 Å². The fourth-order valence-corrected chi connectivity index (χ4v) is 4.60. The zero-order chi connectivity index (χ0) is 22.9. The summed E-state index contributed by atoms with van der Waals surface area (Å²) in [7, 11) is 0. The van der Waals surface area contributed by atoms with Crippen LogP contribution in [0.15, 0.2) is 30.3 Å². The summed E-state index contributed by atoms with van der Waals surface area (Å²) in [6.07, 6.45) is 14.5. The third-order valence-corrected chi connectivity index (χ3v) is 6.57. The van der Waals surface area contributed by atoms with Gasteiger partial charge in [-0.3, -0.25) is 4.90 Å². The van der Waals surface area contributed by atoms with E-state index in [1.165, 1.54) is 70.6 Å². The molecule has 4 nitrogen and oxygen atoms in total. The lowest BCUT2D eigenvalue weighted by molar-refractivity contribution is -0.163. The number of nitrogens with zero attached hydrogens (tertiary/aromatic N) is 1. The molecule has 0 radical (unpaired) electrons. The maximum absolute atomic E-state index is 10.9. The summed E-state index contributed by atoms with van der Waals surface area (Å²) in [5.41, 5.74) is 1.14. The SMILES string of the molecule is CCCCCCCCOC1CN(CCCCCCCC)C[C@@H](O)[C@@H]1OCc1ccccc1. The number of piperidine rings is 1. The highest BCUT2D eigenvalue weighted by atomic mass is 16.5. The van der Waals surface area contributed by atoms with Crippen molar-refractivity contribution in [3.8, 4) is 0 Å². The summed E-state index contributed by atoms with van der Waals surface area (Å²) in [5, 5.41) is 10.9. The summed E-state index contributed by atoms with van der Waals surface area (Å²) in [4.78, 5) is 2.39. The molecule has 1 aliphatic heterocycles. The first-order valence-electron chi connectivity index (χ1n) is 13.4. The third kappa shape index (κ3) is 11.3. The molecule has 1 fully saturated rings. The summed E-state index contributed by atoms with van der Waals surface area (Å²) < 4.78 is 12.5. The molecule has 4 heteroatoms. The molecular weight excluding hydrogens is 398 g/mol. The molecular formula is C28H49NO3. The molecule has 1 saturated heterocycles. The van der Waals surface area contributed by atoms with Crippen molar-refractivity contribution in [2.75, 3.05) is 26.2 Å². The Hall–Kier alpha value is -0.940. The minimum absolute atomic E-state index is 0.0572. The fourth-order valence-electron chi connectivity index (χ4n) is 4.60. The Morgan fingerprint density at radius 3 is 2.09 bits per heavy atom. The van der Waals surface area contributed by atoms with Crippen molar-refractivity contribution in [1.29, 1.82) is 0 Å². The van der Waals surface area contributed by atoms with Gasteiger partial charge in [-0.25, -0.2) is 0 Å². The number of aliphatic hydroxyl groups excluding tert-OH is 1. The first-order valence-corrected chi connectivity index (χ1v) is 13.4. The predicted molar refractivity (Wildman–Crippen MR) is 134 cm³/mol. The van der Waals surface area contributed by atoms with E-state index in [0.717, 1.165) is 31.7 Å². The number of β-amino-alcohol motifs (C(OH)–C–C–N with tert-alkyl or cyclic N) is 1. The van der Waals surface area contributed by atoms with Crippen molar-refractivity contribution in [2.24, 2.45) is 0 Å². The molecule has 1 unspecified atom stereocenters. The van der Waals surface area contributed by atoms with E-state index in [1.807, 2.05) is 18.2 Å². The van der Waals surface area contributed by atoms with Gasteiger partial charge in [0.05, 0.1) is 18.8 Å². The van der Waals surface area contributed by atoms with Crippen molar-refractivity contribution in [2.45, 2.75) is 116 Å². The van der Waals surface area contributed by atoms with Crippen LogP contribution in [-0.4, -0.2) is 54.6 Å². The highest BCUT2D eigenvalue weighted by Crippen LogP contribution is 2.21. The largest absolute Gasteiger partial charge is 0.389 e. The summed E-state index contributed by atoms with van der Waals surface area (Å²) in [6, 6.07) is 10.2. The monoisotopic (exact) mass is 447 g/mol. The Morgan fingerprint density at radius 2 is 1.41 bits per heavy atom. The van der Waals surface area contributed by atoms with Crippen LogP contribution >= 0.6 is 0 Å². The Labute approximate surface area is 197 Å². The van der Waals surface area contributed by atoms with Crippen LogP contribution in [0.4, 0.5) is 0 Å². The van der Waals surface area contributed by atoms with Gasteiger partial charge in [0, 0.05) is 19.7 Å². The quantitative estimate of drug-likeness (QED) is 0.266. The van der Waals surface area contributed by atoms with Crippen molar-refractivity contribution in [3.05, 3.63) is 35.9 Å². The van der Waals surface area contributed by atoms with Crippen molar-refractivity contribution in [3.63, 3.8) is 0 Å². The van der Waals surface area contributed by atoms with E-state index in [2.05, 4.69) is 30.9 Å². The summed E-state index contributed by atoms with van der Waals surface area (Å²) >= 11 is 0. The average Bonchev–Trinajstić information content (AvgIpc) is 2.81. The Morgan fingerprint density at radius 1 is 0.781 bits per heavy atom. The van der Waals surface area contributed by atoms with Crippen molar-refractivity contribution >= 4 is 0 Å². The van der Waals surface area contributed by atoms with Crippen LogP contribution in [0.5, 0.6) is 0 Å². The lowest BCUT2D eigenvalue weighted by Crippen LogP contribution is -2.57. The zero-order valence-corrected chi connectivity index (χ0v) is 20.9. The lowest BCUT2D eigenvalue weighted by atomic mass is 10.0. The summed E-state index contributed by atoms with van der Waals surface area (Å²) in [6.45, 7) is 8.40. The van der Waals surface area contributed by atoms with Crippen LogP contribution in [0.25, 0.3) is 0 Å². The minimum Gasteiger partial charge on any atom is -0.389 e. The standard InChI is InChI=1S/C28H49NO3/c1-3-5-7-9-11-16-20-29-22-26(30)28(32-24-25-18-14-13-15-19-25)27(23-29)31-21-17-12-10-8-6-4-2/h13-15,18-19,26-28,30H,3-12,16-17,20-24H2,1-2H3/t26-,27?,28+/m1/s1. The molecule has 1 aliphatic rings. The second-order valence-corrected chi connectivity index (χ2v) is 9.53. The van der Waals surface area contributed by atoms with E-state index < -0.39 is 6.10 Å². The van der Waals surface area contributed by atoms with Gasteiger partial charge in [0.2, 0.25) is 0 Å². The molecule has 0 bridgehead atoms. The van der Waals surface area contributed by atoms with E-state index in [-0.39, 0.29) is 12.2 Å². The fraction of sp³-hybridized carbons (Fsp3) is 0.786. The lowest BCUT2D eigenvalue weighted by Gasteiger charge is -2.41. The second kappa shape index (κ2) is 17.5. The number of aliphatic hydroxyl groups is 1. The van der Waals surface area contributed by atoms with Crippen LogP contribution in [0.3, 0.4) is 0 Å². The molecule has 0 aromatic heterocycles. The van der Waals surface area contributed by atoms with Crippen LogP contribution in [0, 0.1) is 0 Å². The number of ether oxygens (including phenoxy) is 2. The molecule has 2 rings (SSSR count). The van der Waals surface area contributed by atoms with Gasteiger partial charge in [0.15, 0.2) is 0 Å². The van der Waals surface area contributed by atoms with E-state index >= 15 is 0 Å². The molecule has 1 aromatic rings. The molecule has 1 N–H and O–H groups in total. The van der Waals surface area contributed by atoms with Crippen LogP contribution < -0.4 is 0 Å². The van der Waals surface area contributed by atoms with Gasteiger partial charge < -0.3 is 14.6 Å². The predicted octanol–water partition coefficient (Wildman–Crippen LogP) is 6.35. The van der Waals surface area contributed by atoms with E-state index in [0.29, 0.717) is 13.2 Å². The van der Waals surface area contributed by atoms with Crippen molar-refractivity contribution in [1.82, 2.24) is 4.90 Å². The van der Waals surface area contributed by atoms with Gasteiger partial charge in [-0.05, 0) is 24.9 Å². The number of benzene rings is 1. The molecule has 3 atom stereocenters. The highest BCUT2D eigenvalue weighted by molar-refractivity contribution is 5.13. The number of hydrogen-bond acceptors (Lipinski definition) is 4. The summed E-state index contributed by atoms with van der Waals surface area (Å²) in [5.74, 6) is 0. The Balaban J connectivity index is 1.80.